The first-order valence-electron chi connectivity index (χ1n) is 8.80. The van der Waals surface area contributed by atoms with E-state index in [1.807, 2.05) is 30.3 Å². The summed E-state index contributed by atoms with van der Waals surface area (Å²) in [6.07, 6.45) is 2.60. The highest BCUT2D eigenvalue weighted by Gasteiger charge is 2.51. The molecule has 1 aliphatic rings. The number of aromatic nitrogens is 1. The Labute approximate surface area is 167 Å². The molecule has 0 spiro atoms. The van der Waals surface area contributed by atoms with E-state index < -0.39 is 11.5 Å². The van der Waals surface area contributed by atoms with Crippen molar-refractivity contribution in [1.82, 2.24) is 4.98 Å². The highest BCUT2D eigenvalue weighted by Crippen LogP contribution is 2.44. The summed E-state index contributed by atoms with van der Waals surface area (Å²) in [5.74, 6) is -0.901. The molecule has 140 valence electrons. The number of halogens is 1. The molecule has 0 saturated heterocycles. The number of hydrogen-bond donors (Lipinski definition) is 1. The summed E-state index contributed by atoms with van der Waals surface area (Å²) in [4.78, 5) is 31.4. The molecule has 0 aliphatic carbocycles. The van der Waals surface area contributed by atoms with Gasteiger partial charge in [0.1, 0.15) is 0 Å². The third-order valence-corrected chi connectivity index (χ3v) is 5.11. The molecule has 0 saturated carbocycles. The predicted octanol–water partition coefficient (Wildman–Crippen LogP) is 3.74. The number of carbonyl (C=O) groups is 2. The molecule has 6 heteroatoms. The molecule has 0 bridgehead atoms. The molecule has 1 unspecified atom stereocenters. The molecular weight excluding hydrogens is 376 g/mol. The summed E-state index contributed by atoms with van der Waals surface area (Å²) < 4.78 is 0. The monoisotopic (exact) mass is 392 g/mol. The van der Waals surface area contributed by atoms with Crippen molar-refractivity contribution >= 4 is 29.0 Å². The quantitative estimate of drug-likeness (QED) is 0.671. The lowest BCUT2D eigenvalue weighted by atomic mass is 9.88. The minimum absolute atomic E-state index is 0.289. The van der Waals surface area contributed by atoms with Crippen LogP contribution in [0.2, 0.25) is 5.02 Å². The molecule has 1 aliphatic heterocycles. The first-order chi connectivity index (χ1) is 13.5. The van der Waals surface area contributed by atoms with Gasteiger partial charge in [0, 0.05) is 28.5 Å². The van der Waals surface area contributed by atoms with Crippen molar-refractivity contribution in [1.29, 1.82) is 0 Å². The van der Waals surface area contributed by atoms with E-state index in [4.69, 9.17) is 11.6 Å². The molecule has 1 atom stereocenters. The van der Waals surface area contributed by atoms with Gasteiger partial charge >= 0.3 is 0 Å². The van der Waals surface area contributed by atoms with Crippen molar-refractivity contribution in [3.8, 4) is 0 Å². The molecule has 1 N–H and O–H groups in total. The number of benzene rings is 2. The number of pyridine rings is 1. The Morgan fingerprint density at radius 2 is 1.89 bits per heavy atom. The molecule has 4 rings (SSSR count). The number of nitrogens with zero attached hydrogens (tertiary/aromatic N) is 2. The van der Waals surface area contributed by atoms with Gasteiger partial charge in [-0.25, -0.2) is 0 Å². The molecule has 5 nitrogen and oxygen atoms in total. The normalized spacial score (nSPS) is 18.2. The second kappa shape index (κ2) is 7.19. The van der Waals surface area contributed by atoms with E-state index in [0.717, 1.165) is 5.56 Å². The van der Waals surface area contributed by atoms with E-state index in [0.29, 0.717) is 21.8 Å². The van der Waals surface area contributed by atoms with Gasteiger partial charge in [-0.3, -0.25) is 14.6 Å². The number of Topliss-reactive ketones (excluding diaryl/α,β-unsaturated/α-hetero) is 1. The van der Waals surface area contributed by atoms with Crippen LogP contribution in [0.3, 0.4) is 0 Å². The van der Waals surface area contributed by atoms with Gasteiger partial charge in [0.25, 0.3) is 5.91 Å². The lowest BCUT2D eigenvalue weighted by Gasteiger charge is -2.23. The molecule has 3 aromatic rings. The number of anilines is 1. The van der Waals surface area contributed by atoms with Crippen molar-refractivity contribution in [3.63, 3.8) is 0 Å². The SMILES string of the molecule is O=C(CC1(O)C(=O)N(Cc2ccccc2)c2ccc(Cl)cc21)c1cccnc1. The lowest BCUT2D eigenvalue weighted by Crippen LogP contribution is -2.41. The second-order valence-electron chi connectivity index (χ2n) is 6.74. The number of carbonyl (C=O) groups excluding carboxylic acids is 2. The third kappa shape index (κ3) is 3.19. The predicted molar refractivity (Wildman–Crippen MR) is 106 cm³/mol. The van der Waals surface area contributed by atoms with Crippen LogP contribution in [0.25, 0.3) is 0 Å². The van der Waals surface area contributed by atoms with Crippen molar-refractivity contribution < 1.29 is 14.7 Å². The summed E-state index contributed by atoms with van der Waals surface area (Å²) in [6, 6.07) is 17.6. The summed E-state index contributed by atoms with van der Waals surface area (Å²) in [7, 11) is 0. The zero-order valence-electron chi connectivity index (χ0n) is 14.9. The minimum atomic E-state index is -1.97. The molecule has 1 amide bonds. The van der Waals surface area contributed by atoms with Crippen molar-refractivity contribution in [2.45, 2.75) is 18.6 Å². The van der Waals surface area contributed by atoms with Gasteiger partial charge in [-0.05, 0) is 35.9 Å². The van der Waals surface area contributed by atoms with Gasteiger partial charge in [0.2, 0.25) is 0 Å². The van der Waals surface area contributed by atoms with Crippen molar-refractivity contribution in [2.24, 2.45) is 0 Å². The van der Waals surface area contributed by atoms with Gasteiger partial charge in [0.15, 0.2) is 11.4 Å². The third-order valence-electron chi connectivity index (χ3n) is 4.88. The van der Waals surface area contributed by atoms with Crippen LogP contribution < -0.4 is 4.90 Å². The first-order valence-corrected chi connectivity index (χ1v) is 9.18. The average Bonchev–Trinajstić information content (AvgIpc) is 2.91. The Hall–Kier alpha value is -3.02. The largest absolute Gasteiger partial charge is 0.375 e. The van der Waals surface area contributed by atoms with Gasteiger partial charge < -0.3 is 10.0 Å². The summed E-state index contributed by atoms with van der Waals surface area (Å²) in [5.41, 5.74) is 0.188. The maximum absolute atomic E-state index is 13.2. The van der Waals surface area contributed by atoms with Crippen LogP contribution in [0.5, 0.6) is 0 Å². The molecule has 0 fully saturated rings. The van der Waals surface area contributed by atoms with Crippen LogP contribution in [-0.4, -0.2) is 21.8 Å². The Morgan fingerprint density at radius 3 is 2.61 bits per heavy atom. The van der Waals surface area contributed by atoms with E-state index in [9.17, 15) is 14.7 Å². The van der Waals surface area contributed by atoms with Gasteiger partial charge in [-0.2, -0.15) is 0 Å². The van der Waals surface area contributed by atoms with Crippen LogP contribution in [0.15, 0.2) is 73.1 Å². The molecule has 2 aromatic carbocycles. The van der Waals surface area contributed by atoms with E-state index in [1.165, 1.54) is 11.1 Å². The number of fused-ring (bicyclic) bond motifs is 1. The number of rotatable bonds is 5. The zero-order valence-corrected chi connectivity index (χ0v) is 15.6. The fourth-order valence-corrected chi connectivity index (χ4v) is 3.65. The zero-order chi connectivity index (χ0) is 19.7. The van der Waals surface area contributed by atoms with E-state index >= 15 is 0 Å². The molecular formula is C22H17ClN2O3. The molecule has 1 aromatic heterocycles. The Kier molecular flexibility index (Phi) is 4.71. The van der Waals surface area contributed by atoms with Crippen LogP contribution >= 0.6 is 11.6 Å². The minimum Gasteiger partial charge on any atom is -0.375 e. The second-order valence-corrected chi connectivity index (χ2v) is 7.18. The van der Waals surface area contributed by atoms with Gasteiger partial charge in [0.05, 0.1) is 18.7 Å². The first kappa shape index (κ1) is 18.3. The fourth-order valence-electron chi connectivity index (χ4n) is 3.48. The van der Waals surface area contributed by atoms with Crippen LogP contribution in [-0.2, 0) is 16.9 Å². The highest BCUT2D eigenvalue weighted by atomic mass is 35.5. The topological polar surface area (TPSA) is 70.5 Å². The summed E-state index contributed by atoms with van der Waals surface area (Å²) >= 11 is 6.12. The standard InChI is InChI=1S/C22H17ClN2O3/c23-17-8-9-19-18(11-17)22(28,12-20(26)16-7-4-10-24-13-16)21(27)25(19)14-15-5-2-1-3-6-15/h1-11,13,28H,12,14H2. The van der Waals surface area contributed by atoms with Crippen molar-refractivity contribution in [3.05, 3.63) is 94.8 Å². The van der Waals surface area contributed by atoms with Crippen molar-refractivity contribution in [2.75, 3.05) is 4.90 Å². The van der Waals surface area contributed by atoms with Crippen LogP contribution in [0.4, 0.5) is 5.69 Å². The molecule has 2 heterocycles. The van der Waals surface area contributed by atoms with Crippen LogP contribution in [0.1, 0.15) is 27.9 Å². The Morgan fingerprint density at radius 1 is 1.11 bits per heavy atom. The number of aliphatic hydroxyl groups is 1. The smallest absolute Gasteiger partial charge is 0.264 e. The lowest BCUT2D eigenvalue weighted by molar-refractivity contribution is -0.136. The van der Waals surface area contributed by atoms with Crippen LogP contribution in [0, 0.1) is 0 Å². The van der Waals surface area contributed by atoms with E-state index in [1.54, 1.807) is 36.5 Å². The maximum Gasteiger partial charge on any atom is 0.264 e. The van der Waals surface area contributed by atoms with Gasteiger partial charge in [-0.1, -0.05) is 41.9 Å². The molecule has 28 heavy (non-hydrogen) atoms. The number of ketones is 1. The Bertz CT molecular complexity index is 1040. The average molecular weight is 393 g/mol. The Balaban J connectivity index is 1.72. The fraction of sp³-hybridized carbons (Fsp3) is 0.136. The van der Waals surface area contributed by atoms with E-state index in [2.05, 4.69) is 4.98 Å². The van der Waals surface area contributed by atoms with E-state index in [-0.39, 0.29) is 18.7 Å². The summed E-state index contributed by atoms with van der Waals surface area (Å²) in [5, 5.41) is 11.7. The summed E-state index contributed by atoms with van der Waals surface area (Å²) in [6.45, 7) is 0.289. The maximum atomic E-state index is 13.2. The molecule has 0 radical (unpaired) electrons. The van der Waals surface area contributed by atoms with Gasteiger partial charge in [-0.15, -0.1) is 0 Å². The highest BCUT2D eigenvalue weighted by molar-refractivity contribution is 6.31. The number of amides is 1. The number of hydrogen-bond acceptors (Lipinski definition) is 4.